The van der Waals surface area contributed by atoms with Crippen LogP contribution in [0.25, 0.3) is 0 Å². The molecule has 0 radical (unpaired) electrons. The number of carbonyl (C=O) groups excluding carboxylic acids is 1. The lowest BCUT2D eigenvalue weighted by molar-refractivity contribution is -0.132. The van der Waals surface area contributed by atoms with Gasteiger partial charge in [-0.15, -0.1) is 0 Å². The Morgan fingerprint density at radius 1 is 1.35 bits per heavy atom. The third-order valence-electron chi connectivity index (χ3n) is 3.69. The molecule has 1 aliphatic rings. The number of hydrogen-bond acceptors (Lipinski definition) is 4. The Morgan fingerprint density at radius 3 is 2.80 bits per heavy atom. The summed E-state index contributed by atoms with van der Waals surface area (Å²) in [4.78, 5) is 13.2. The van der Waals surface area contributed by atoms with Gasteiger partial charge in [-0.1, -0.05) is 12.1 Å². The molecular weight excluding hydrogens is 256 g/mol. The molecule has 0 aliphatic carbocycles. The van der Waals surface area contributed by atoms with Crippen LogP contribution in [0, 0.1) is 0 Å². The Bertz CT molecular complexity index is 476. The van der Waals surface area contributed by atoms with Crippen molar-refractivity contribution in [2.24, 2.45) is 0 Å². The number of piperidine rings is 1. The van der Waals surface area contributed by atoms with Gasteiger partial charge in [0.2, 0.25) is 5.91 Å². The van der Waals surface area contributed by atoms with Crippen LogP contribution in [-0.2, 0) is 11.3 Å². The maximum Gasteiger partial charge on any atom is 0.222 e. The number of likely N-dealkylation sites (tertiary alicyclic amines) is 1. The number of amides is 1. The average Bonchev–Trinajstić information content (AvgIpc) is 2.47. The van der Waals surface area contributed by atoms with Crippen LogP contribution in [-0.4, -0.2) is 44.7 Å². The molecule has 1 amide bonds. The maximum atomic E-state index is 11.5. The molecule has 5 heteroatoms. The fourth-order valence-electron chi connectivity index (χ4n) is 2.53. The van der Waals surface area contributed by atoms with Crippen molar-refractivity contribution in [1.29, 1.82) is 0 Å². The molecule has 1 aliphatic heterocycles. The van der Waals surface area contributed by atoms with Gasteiger partial charge >= 0.3 is 0 Å². The van der Waals surface area contributed by atoms with E-state index in [1.165, 1.54) is 0 Å². The second-order valence-electron chi connectivity index (χ2n) is 5.04. The third kappa shape index (κ3) is 3.22. The van der Waals surface area contributed by atoms with Crippen LogP contribution in [0.1, 0.15) is 18.4 Å². The van der Waals surface area contributed by atoms with E-state index in [4.69, 9.17) is 9.47 Å². The maximum absolute atomic E-state index is 11.5. The number of methoxy groups -OCH3 is 2. The minimum absolute atomic E-state index is 0.224. The largest absolute Gasteiger partial charge is 0.493 e. The first kappa shape index (κ1) is 14.7. The zero-order valence-corrected chi connectivity index (χ0v) is 12.3. The highest BCUT2D eigenvalue weighted by Gasteiger charge is 2.22. The van der Waals surface area contributed by atoms with Crippen LogP contribution >= 0.6 is 0 Å². The monoisotopic (exact) mass is 278 g/mol. The molecule has 1 N–H and O–H groups in total. The quantitative estimate of drug-likeness (QED) is 0.885. The topological polar surface area (TPSA) is 50.8 Å². The van der Waals surface area contributed by atoms with Gasteiger partial charge in [-0.2, -0.15) is 0 Å². The van der Waals surface area contributed by atoms with Gasteiger partial charge in [-0.05, 0) is 12.5 Å². The highest BCUT2D eigenvalue weighted by atomic mass is 16.5. The molecule has 1 heterocycles. The summed E-state index contributed by atoms with van der Waals surface area (Å²) in [7, 11) is 5.13. The van der Waals surface area contributed by atoms with E-state index in [9.17, 15) is 4.79 Å². The zero-order valence-electron chi connectivity index (χ0n) is 12.3. The Balaban J connectivity index is 1.99. The fourth-order valence-corrected chi connectivity index (χ4v) is 2.53. The molecule has 2 rings (SSSR count). The van der Waals surface area contributed by atoms with E-state index < -0.39 is 0 Å². The fraction of sp³-hybridized carbons (Fsp3) is 0.533. The summed E-state index contributed by atoms with van der Waals surface area (Å²) in [5.41, 5.74) is 1.06. The highest BCUT2D eigenvalue weighted by molar-refractivity contribution is 5.76. The van der Waals surface area contributed by atoms with E-state index in [1.54, 1.807) is 19.1 Å². The standard InChI is InChI=1S/C15H22N2O3/c1-17-10-12(7-8-14(17)18)16-9-11-5-4-6-13(19-2)15(11)20-3/h4-6,12,16H,7-10H2,1-3H3. The van der Waals surface area contributed by atoms with Crippen LogP contribution < -0.4 is 14.8 Å². The third-order valence-corrected chi connectivity index (χ3v) is 3.69. The first-order valence-electron chi connectivity index (χ1n) is 6.83. The van der Waals surface area contributed by atoms with Crippen molar-refractivity contribution >= 4 is 5.91 Å². The minimum atomic E-state index is 0.224. The molecule has 0 bridgehead atoms. The van der Waals surface area contributed by atoms with Crippen molar-refractivity contribution in [2.75, 3.05) is 27.8 Å². The normalized spacial score (nSPS) is 19.1. The highest BCUT2D eigenvalue weighted by Crippen LogP contribution is 2.30. The molecule has 110 valence electrons. The molecule has 1 aromatic carbocycles. The molecule has 0 saturated carbocycles. The first-order chi connectivity index (χ1) is 9.65. The van der Waals surface area contributed by atoms with E-state index in [1.807, 2.05) is 25.2 Å². The van der Waals surface area contributed by atoms with Crippen LogP contribution in [0.3, 0.4) is 0 Å². The molecule has 20 heavy (non-hydrogen) atoms. The van der Waals surface area contributed by atoms with Gasteiger partial charge in [0, 0.05) is 38.2 Å². The predicted octanol–water partition coefficient (Wildman–Crippen LogP) is 1.41. The Labute approximate surface area is 119 Å². The number of benzene rings is 1. The minimum Gasteiger partial charge on any atom is -0.493 e. The second kappa shape index (κ2) is 6.61. The first-order valence-corrected chi connectivity index (χ1v) is 6.83. The van der Waals surface area contributed by atoms with Crippen LogP contribution in [0.5, 0.6) is 11.5 Å². The van der Waals surface area contributed by atoms with Crippen molar-refractivity contribution in [2.45, 2.75) is 25.4 Å². The predicted molar refractivity (Wildman–Crippen MR) is 77.0 cm³/mol. The number of hydrogen-bond donors (Lipinski definition) is 1. The van der Waals surface area contributed by atoms with E-state index in [2.05, 4.69) is 5.32 Å². The Morgan fingerprint density at radius 2 is 2.15 bits per heavy atom. The average molecular weight is 278 g/mol. The van der Waals surface area contributed by atoms with Gasteiger partial charge < -0.3 is 19.7 Å². The van der Waals surface area contributed by atoms with Gasteiger partial charge in [-0.25, -0.2) is 0 Å². The number of nitrogens with zero attached hydrogens (tertiary/aromatic N) is 1. The molecular formula is C15H22N2O3. The lowest BCUT2D eigenvalue weighted by Gasteiger charge is -2.30. The Hall–Kier alpha value is -1.75. The SMILES string of the molecule is COc1cccc(CNC2CCC(=O)N(C)C2)c1OC. The van der Waals surface area contributed by atoms with Gasteiger partial charge in [0.25, 0.3) is 0 Å². The van der Waals surface area contributed by atoms with Crippen LogP contribution in [0.4, 0.5) is 0 Å². The van der Waals surface area contributed by atoms with Crippen molar-refractivity contribution in [1.82, 2.24) is 10.2 Å². The molecule has 1 unspecified atom stereocenters. The molecule has 1 atom stereocenters. The number of likely N-dealkylation sites (N-methyl/N-ethyl adjacent to an activating group) is 1. The number of ether oxygens (including phenoxy) is 2. The molecule has 0 aromatic heterocycles. The number of rotatable bonds is 5. The summed E-state index contributed by atoms with van der Waals surface area (Å²) in [5.74, 6) is 1.73. The van der Waals surface area contributed by atoms with Crippen molar-refractivity contribution in [3.63, 3.8) is 0 Å². The van der Waals surface area contributed by atoms with Crippen molar-refractivity contribution in [3.8, 4) is 11.5 Å². The van der Waals surface area contributed by atoms with E-state index >= 15 is 0 Å². The van der Waals surface area contributed by atoms with Crippen molar-refractivity contribution in [3.05, 3.63) is 23.8 Å². The number of nitrogens with one attached hydrogen (secondary N) is 1. The summed E-state index contributed by atoms with van der Waals surface area (Å²) in [6.45, 7) is 1.46. The number of para-hydroxylation sites is 1. The molecule has 1 saturated heterocycles. The Kier molecular flexibility index (Phi) is 4.84. The molecule has 5 nitrogen and oxygen atoms in total. The summed E-state index contributed by atoms with van der Waals surface area (Å²) in [6.07, 6.45) is 1.50. The van der Waals surface area contributed by atoms with Gasteiger partial charge in [0.1, 0.15) is 0 Å². The van der Waals surface area contributed by atoms with Crippen LogP contribution in [0.2, 0.25) is 0 Å². The summed E-state index contributed by atoms with van der Waals surface area (Å²) in [5, 5.41) is 3.49. The van der Waals surface area contributed by atoms with Gasteiger partial charge in [-0.3, -0.25) is 4.79 Å². The van der Waals surface area contributed by atoms with Crippen molar-refractivity contribution < 1.29 is 14.3 Å². The molecule has 1 fully saturated rings. The molecule has 0 spiro atoms. The van der Waals surface area contributed by atoms with E-state index in [0.717, 1.165) is 30.0 Å². The van der Waals surface area contributed by atoms with Crippen LogP contribution in [0.15, 0.2) is 18.2 Å². The smallest absolute Gasteiger partial charge is 0.222 e. The van der Waals surface area contributed by atoms with Gasteiger partial charge in [0.05, 0.1) is 14.2 Å². The summed E-state index contributed by atoms with van der Waals surface area (Å²) in [6, 6.07) is 6.18. The van der Waals surface area contributed by atoms with E-state index in [-0.39, 0.29) is 5.91 Å². The summed E-state index contributed by atoms with van der Waals surface area (Å²) >= 11 is 0. The number of carbonyl (C=O) groups is 1. The lowest BCUT2D eigenvalue weighted by atomic mass is 10.0. The lowest BCUT2D eigenvalue weighted by Crippen LogP contribution is -2.46. The van der Waals surface area contributed by atoms with E-state index in [0.29, 0.717) is 19.0 Å². The zero-order chi connectivity index (χ0) is 14.5. The second-order valence-corrected chi connectivity index (χ2v) is 5.04. The molecule has 1 aromatic rings. The summed E-state index contributed by atoms with van der Waals surface area (Å²) < 4.78 is 10.7. The van der Waals surface area contributed by atoms with Gasteiger partial charge in [0.15, 0.2) is 11.5 Å².